The highest BCUT2D eigenvalue weighted by molar-refractivity contribution is 9.10. The van der Waals surface area contributed by atoms with Gasteiger partial charge in [-0.25, -0.2) is 9.69 Å². The van der Waals surface area contributed by atoms with Gasteiger partial charge in [0.1, 0.15) is 23.7 Å². The van der Waals surface area contributed by atoms with E-state index in [1.165, 1.54) is 42.5 Å². The van der Waals surface area contributed by atoms with Crippen LogP contribution in [-0.2, 0) is 16.2 Å². The number of aromatic hydroxyl groups is 1. The summed E-state index contributed by atoms with van der Waals surface area (Å²) < 4.78 is 6.82. The maximum absolute atomic E-state index is 13.1. The van der Waals surface area contributed by atoms with Gasteiger partial charge in [-0.1, -0.05) is 51.3 Å². The van der Waals surface area contributed by atoms with Crippen LogP contribution in [0.1, 0.15) is 11.1 Å². The number of hydrogen-bond donors (Lipinski definition) is 2. The summed E-state index contributed by atoms with van der Waals surface area (Å²) >= 11 is 15.9. The molecular weight excluding hydrogens is 547 g/mol. The zero-order valence-electron chi connectivity index (χ0n) is 17.2. The van der Waals surface area contributed by atoms with Crippen LogP contribution in [0.3, 0.4) is 0 Å². The molecule has 4 rings (SSSR count). The van der Waals surface area contributed by atoms with Gasteiger partial charge in [0, 0.05) is 15.1 Å². The zero-order chi connectivity index (χ0) is 24.4. The minimum absolute atomic E-state index is 0.0402. The van der Waals surface area contributed by atoms with E-state index in [0.717, 1.165) is 14.9 Å². The van der Waals surface area contributed by atoms with Gasteiger partial charge >= 0.3 is 6.03 Å². The monoisotopic (exact) mass is 560 g/mol. The number of anilines is 1. The molecule has 1 aliphatic rings. The van der Waals surface area contributed by atoms with Crippen LogP contribution in [0.2, 0.25) is 10.0 Å². The van der Waals surface area contributed by atoms with Crippen LogP contribution < -0.4 is 15.0 Å². The Bertz CT molecular complexity index is 1320. The molecule has 7 nitrogen and oxygen atoms in total. The number of urea groups is 1. The Morgan fingerprint density at radius 3 is 2.35 bits per heavy atom. The average Bonchev–Trinajstić information content (AvgIpc) is 2.78. The molecule has 1 saturated heterocycles. The first kappa shape index (κ1) is 23.8. The summed E-state index contributed by atoms with van der Waals surface area (Å²) in [5, 5.41) is 12.1. The van der Waals surface area contributed by atoms with Crippen LogP contribution in [0.15, 0.2) is 70.7 Å². The van der Waals surface area contributed by atoms with E-state index in [1.807, 2.05) is 24.3 Å². The Balaban J connectivity index is 1.70. The number of carbonyl (C=O) groups is 3. The minimum atomic E-state index is -0.909. The first-order valence-electron chi connectivity index (χ1n) is 9.79. The molecule has 0 aromatic heterocycles. The van der Waals surface area contributed by atoms with Gasteiger partial charge in [0.05, 0.1) is 10.7 Å². The number of imide groups is 2. The standard InChI is InChI=1S/C24H15BrCl2N2O5/c25-15-3-1-13(2-4-15)12-34-21-14(9-16(26)11-20(21)27)10-19-22(31)28-24(33)29(23(19)32)17-5-7-18(30)8-6-17/h1-11,30H,12H2,(H,28,31,33)/b19-10+. The quantitative estimate of drug-likeness (QED) is 0.307. The smallest absolute Gasteiger partial charge is 0.335 e. The van der Waals surface area contributed by atoms with Gasteiger partial charge < -0.3 is 9.84 Å². The molecule has 2 N–H and O–H groups in total. The maximum Gasteiger partial charge on any atom is 0.335 e. The van der Waals surface area contributed by atoms with Crippen molar-refractivity contribution in [2.45, 2.75) is 6.61 Å². The number of carbonyl (C=O) groups excluding carboxylic acids is 3. The maximum atomic E-state index is 13.1. The number of phenolic OH excluding ortho intramolecular Hbond substituents is 1. The lowest BCUT2D eigenvalue weighted by Gasteiger charge is -2.26. The van der Waals surface area contributed by atoms with Crippen molar-refractivity contribution in [3.8, 4) is 11.5 Å². The highest BCUT2D eigenvalue weighted by Gasteiger charge is 2.37. The molecule has 4 amide bonds. The molecule has 3 aromatic carbocycles. The van der Waals surface area contributed by atoms with E-state index in [4.69, 9.17) is 27.9 Å². The van der Waals surface area contributed by atoms with E-state index < -0.39 is 17.8 Å². The van der Waals surface area contributed by atoms with Gasteiger partial charge in [-0.3, -0.25) is 14.9 Å². The highest BCUT2D eigenvalue weighted by atomic mass is 79.9. The number of barbiturate groups is 1. The Labute approximate surface area is 212 Å². The van der Waals surface area contributed by atoms with E-state index >= 15 is 0 Å². The SMILES string of the molecule is O=C1NC(=O)N(c2ccc(O)cc2)C(=O)/C1=C/c1cc(Cl)cc(Cl)c1OCc1ccc(Br)cc1. The van der Waals surface area contributed by atoms with Gasteiger partial charge in [-0.2, -0.15) is 0 Å². The molecule has 0 spiro atoms. The predicted octanol–water partition coefficient (Wildman–Crippen LogP) is 5.71. The Morgan fingerprint density at radius 1 is 1.00 bits per heavy atom. The van der Waals surface area contributed by atoms with Crippen molar-refractivity contribution in [3.63, 3.8) is 0 Å². The largest absolute Gasteiger partial charge is 0.508 e. The first-order valence-corrected chi connectivity index (χ1v) is 11.3. The summed E-state index contributed by atoms with van der Waals surface area (Å²) in [7, 11) is 0. The van der Waals surface area contributed by atoms with Crippen LogP contribution in [0.5, 0.6) is 11.5 Å². The van der Waals surface area contributed by atoms with Crippen LogP contribution in [0.4, 0.5) is 10.5 Å². The van der Waals surface area contributed by atoms with E-state index in [2.05, 4.69) is 21.2 Å². The molecule has 3 aromatic rings. The van der Waals surface area contributed by atoms with E-state index in [-0.39, 0.29) is 45.0 Å². The zero-order valence-corrected chi connectivity index (χ0v) is 20.3. The molecule has 0 saturated carbocycles. The molecule has 0 radical (unpaired) electrons. The summed E-state index contributed by atoms with van der Waals surface area (Å²) in [5.74, 6) is -1.55. The summed E-state index contributed by atoms with van der Waals surface area (Å²) in [6.07, 6.45) is 1.27. The van der Waals surface area contributed by atoms with Crippen LogP contribution >= 0.6 is 39.1 Å². The highest BCUT2D eigenvalue weighted by Crippen LogP contribution is 2.35. The number of benzene rings is 3. The number of phenols is 1. The van der Waals surface area contributed by atoms with Crippen LogP contribution in [0.25, 0.3) is 6.08 Å². The summed E-state index contributed by atoms with van der Waals surface area (Å²) in [5.41, 5.74) is 1.01. The molecule has 0 atom stereocenters. The lowest BCUT2D eigenvalue weighted by molar-refractivity contribution is -0.122. The first-order chi connectivity index (χ1) is 16.2. The van der Waals surface area contributed by atoms with Gasteiger partial charge in [0.25, 0.3) is 11.8 Å². The average molecular weight is 562 g/mol. The van der Waals surface area contributed by atoms with Crippen molar-refractivity contribution >= 4 is 68.7 Å². The minimum Gasteiger partial charge on any atom is -0.508 e. The van der Waals surface area contributed by atoms with Gasteiger partial charge in [-0.05, 0) is 60.2 Å². The van der Waals surface area contributed by atoms with E-state index in [9.17, 15) is 19.5 Å². The van der Waals surface area contributed by atoms with Gasteiger partial charge in [0.15, 0.2) is 0 Å². The Kier molecular flexibility index (Phi) is 6.92. The van der Waals surface area contributed by atoms with Crippen molar-refractivity contribution in [1.29, 1.82) is 0 Å². The third-order valence-corrected chi connectivity index (χ3v) is 5.87. The van der Waals surface area contributed by atoms with Gasteiger partial charge in [-0.15, -0.1) is 0 Å². The second kappa shape index (κ2) is 9.89. The fraction of sp³-hybridized carbons (Fsp3) is 0.0417. The number of halogens is 3. The van der Waals surface area contributed by atoms with Crippen molar-refractivity contribution in [3.05, 3.63) is 91.9 Å². The number of amides is 4. The van der Waals surface area contributed by atoms with Crippen molar-refractivity contribution in [2.24, 2.45) is 0 Å². The topological polar surface area (TPSA) is 95.9 Å². The Morgan fingerprint density at radius 2 is 1.68 bits per heavy atom. The molecule has 34 heavy (non-hydrogen) atoms. The summed E-state index contributed by atoms with van der Waals surface area (Å²) in [6, 6.07) is 14.9. The lowest BCUT2D eigenvalue weighted by atomic mass is 10.1. The second-order valence-corrected chi connectivity index (χ2v) is 8.95. The normalized spacial score (nSPS) is 15.0. The molecule has 0 aliphatic carbocycles. The molecule has 1 fully saturated rings. The fourth-order valence-electron chi connectivity index (χ4n) is 3.23. The van der Waals surface area contributed by atoms with Crippen molar-refractivity contribution < 1.29 is 24.2 Å². The van der Waals surface area contributed by atoms with Crippen LogP contribution in [0, 0.1) is 0 Å². The molecule has 1 aliphatic heterocycles. The lowest BCUT2D eigenvalue weighted by Crippen LogP contribution is -2.54. The van der Waals surface area contributed by atoms with Crippen molar-refractivity contribution in [1.82, 2.24) is 5.32 Å². The molecule has 10 heteroatoms. The summed E-state index contributed by atoms with van der Waals surface area (Å²) in [4.78, 5) is 38.8. The third-order valence-electron chi connectivity index (χ3n) is 4.84. The third kappa shape index (κ3) is 5.09. The van der Waals surface area contributed by atoms with E-state index in [1.54, 1.807) is 0 Å². The predicted molar refractivity (Wildman–Crippen MR) is 132 cm³/mol. The fourth-order valence-corrected chi connectivity index (χ4v) is 4.05. The molecule has 0 unspecified atom stereocenters. The molecule has 172 valence electrons. The molecular formula is C24H15BrCl2N2O5. The van der Waals surface area contributed by atoms with E-state index in [0.29, 0.717) is 0 Å². The number of hydrogen-bond acceptors (Lipinski definition) is 5. The number of ether oxygens (including phenoxy) is 1. The van der Waals surface area contributed by atoms with Crippen LogP contribution in [-0.4, -0.2) is 23.0 Å². The summed E-state index contributed by atoms with van der Waals surface area (Å²) in [6.45, 7) is 0.170. The number of rotatable bonds is 5. The number of nitrogens with one attached hydrogen (secondary N) is 1. The second-order valence-electron chi connectivity index (χ2n) is 7.20. The van der Waals surface area contributed by atoms with Crippen molar-refractivity contribution in [2.75, 3.05) is 4.90 Å². The molecule has 0 bridgehead atoms. The Hall–Kier alpha value is -3.33. The van der Waals surface area contributed by atoms with Gasteiger partial charge in [0.2, 0.25) is 0 Å². The molecule has 1 heterocycles. The number of nitrogens with zero attached hydrogens (tertiary/aromatic N) is 1.